The molecule has 2 aromatic rings. The predicted octanol–water partition coefficient (Wildman–Crippen LogP) is 1.43. The van der Waals surface area contributed by atoms with Crippen molar-refractivity contribution in [2.24, 2.45) is 0 Å². The summed E-state index contributed by atoms with van der Waals surface area (Å²) in [5, 5.41) is 9.92. The van der Waals surface area contributed by atoms with E-state index in [0.717, 1.165) is 31.5 Å². The van der Waals surface area contributed by atoms with Crippen LogP contribution in [-0.4, -0.2) is 38.1 Å². The van der Waals surface area contributed by atoms with Gasteiger partial charge >= 0.3 is 0 Å². The third kappa shape index (κ3) is 2.99. The van der Waals surface area contributed by atoms with E-state index in [1.807, 2.05) is 25.1 Å². The first kappa shape index (κ1) is 14.2. The van der Waals surface area contributed by atoms with E-state index < -0.39 is 0 Å². The minimum atomic E-state index is -0.355. The Kier molecular flexibility index (Phi) is 4.03. The van der Waals surface area contributed by atoms with Crippen LogP contribution in [0.2, 0.25) is 0 Å². The largest absolute Gasteiger partial charge is 0.392 e. The quantitative estimate of drug-likeness (QED) is 0.928. The van der Waals surface area contributed by atoms with E-state index in [1.165, 1.54) is 0 Å². The third-order valence-electron chi connectivity index (χ3n) is 4.21. The van der Waals surface area contributed by atoms with Crippen LogP contribution < -0.4 is 5.56 Å². The van der Waals surface area contributed by atoms with E-state index in [1.54, 1.807) is 16.7 Å². The Bertz CT molecular complexity index is 681. The van der Waals surface area contributed by atoms with Gasteiger partial charge in [0.15, 0.2) is 0 Å². The van der Waals surface area contributed by atoms with E-state index >= 15 is 0 Å². The van der Waals surface area contributed by atoms with Crippen molar-refractivity contribution in [3.63, 3.8) is 0 Å². The molecule has 2 aromatic heterocycles. The lowest BCUT2D eigenvalue weighted by molar-refractivity contribution is 0.0310. The second kappa shape index (κ2) is 5.95. The van der Waals surface area contributed by atoms with Crippen molar-refractivity contribution in [2.75, 3.05) is 6.54 Å². The number of fused-ring (bicyclic) bond motifs is 1. The van der Waals surface area contributed by atoms with Gasteiger partial charge in [0.1, 0.15) is 5.65 Å². The van der Waals surface area contributed by atoms with Gasteiger partial charge in [0.05, 0.1) is 11.8 Å². The molecule has 5 nitrogen and oxygen atoms in total. The molecule has 1 aliphatic rings. The molecule has 2 atom stereocenters. The molecular weight excluding hydrogens is 266 g/mol. The maximum atomic E-state index is 12.1. The molecule has 3 heterocycles. The normalized spacial score (nSPS) is 21.5. The fraction of sp³-hybridized carbons (Fsp3) is 0.500. The Labute approximate surface area is 123 Å². The fourth-order valence-corrected chi connectivity index (χ4v) is 3.15. The maximum Gasteiger partial charge on any atom is 0.258 e. The number of nitrogens with zero attached hydrogens (tertiary/aromatic N) is 3. The zero-order valence-electron chi connectivity index (χ0n) is 12.3. The van der Waals surface area contributed by atoms with Crippen molar-refractivity contribution >= 4 is 5.65 Å². The summed E-state index contributed by atoms with van der Waals surface area (Å²) < 4.78 is 1.55. The highest BCUT2D eigenvalue weighted by Crippen LogP contribution is 2.21. The van der Waals surface area contributed by atoms with E-state index in [4.69, 9.17) is 0 Å². The van der Waals surface area contributed by atoms with Gasteiger partial charge in [-0.05, 0) is 38.4 Å². The second-order valence-electron chi connectivity index (χ2n) is 5.79. The van der Waals surface area contributed by atoms with E-state index in [-0.39, 0.29) is 17.7 Å². The summed E-state index contributed by atoms with van der Waals surface area (Å²) in [6.07, 6.45) is 4.67. The molecule has 0 aromatic carbocycles. The summed E-state index contributed by atoms with van der Waals surface area (Å²) in [6.45, 7) is 3.41. The summed E-state index contributed by atoms with van der Waals surface area (Å²) in [7, 11) is 0. The van der Waals surface area contributed by atoms with Crippen LogP contribution in [0.4, 0.5) is 0 Å². The number of hydrogen-bond acceptors (Lipinski definition) is 4. The average Bonchev–Trinajstić information content (AvgIpc) is 2.47. The van der Waals surface area contributed by atoms with Gasteiger partial charge in [0.2, 0.25) is 0 Å². The van der Waals surface area contributed by atoms with Crippen LogP contribution in [-0.2, 0) is 6.54 Å². The topological polar surface area (TPSA) is 57.8 Å². The first-order valence-corrected chi connectivity index (χ1v) is 7.54. The lowest BCUT2D eigenvalue weighted by Gasteiger charge is -2.37. The van der Waals surface area contributed by atoms with E-state index in [0.29, 0.717) is 12.2 Å². The number of aromatic nitrogens is 2. The van der Waals surface area contributed by atoms with Gasteiger partial charge in [0, 0.05) is 24.8 Å². The molecule has 3 rings (SSSR count). The molecule has 1 saturated heterocycles. The van der Waals surface area contributed by atoms with Gasteiger partial charge in [-0.1, -0.05) is 12.5 Å². The van der Waals surface area contributed by atoms with Gasteiger partial charge < -0.3 is 5.11 Å². The van der Waals surface area contributed by atoms with Crippen LogP contribution in [0.1, 0.15) is 31.9 Å². The van der Waals surface area contributed by atoms with Crippen molar-refractivity contribution in [1.29, 1.82) is 0 Å². The van der Waals surface area contributed by atoms with Gasteiger partial charge in [-0.25, -0.2) is 4.98 Å². The summed E-state index contributed by atoms with van der Waals surface area (Å²) in [6, 6.07) is 7.30. The van der Waals surface area contributed by atoms with Crippen molar-refractivity contribution < 1.29 is 5.11 Å². The number of likely N-dealkylation sites (tertiary alicyclic amines) is 1. The molecule has 2 unspecified atom stereocenters. The van der Waals surface area contributed by atoms with Crippen LogP contribution in [0.5, 0.6) is 0 Å². The Morgan fingerprint density at radius 3 is 3.10 bits per heavy atom. The first-order chi connectivity index (χ1) is 10.1. The van der Waals surface area contributed by atoms with Crippen molar-refractivity contribution in [3.05, 3.63) is 46.5 Å². The number of hydrogen-bond donors (Lipinski definition) is 1. The van der Waals surface area contributed by atoms with Gasteiger partial charge in [-0.15, -0.1) is 0 Å². The highest BCUT2D eigenvalue weighted by molar-refractivity contribution is 5.37. The Balaban J connectivity index is 1.88. The molecule has 112 valence electrons. The molecule has 1 N–H and O–H groups in total. The Morgan fingerprint density at radius 1 is 1.43 bits per heavy atom. The van der Waals surface area contributed by atoms with Gasteiger partial charge in [-0.2, -0.15) is 0 Å². The molecule has 5 heteroatoms. The standard InChI is InChI=1S/C16H21N3O2/c1-12(20)14-6-2-4-8-18(14)11-13-10-16(21)19-9-5-3-7-15(19)17-13/h3,5,7,9-10,12,14,20H,2,4,6,8,11H2,1H3. The zero-order chi connectivity index (χ0) is 14.8. The first-order valence-electron chi connectivity index (χ1n) is 7.54. The Morgan fingerprint density at radius 2 is 2.29 bits per heavy atom. The number of rotatable bonds is 3. The number of piperidine rings is 1. The fourth-order valence-electron chi connectivity index (χ4n) is 3.15. The van der Waals surface area contributed by atoms with Crippen molar-refractivity contribution in [2.45, 2.75) is 44.9 Å². The van der Waals surface area contributed by atoms with Gasteiger partial charge in [0.25, 0.3) is 5.56 Å². The highest BCUT2D eigenvalue weighted by atomic mass is 16.3. The highest BCUT2D eigenvalue weighted by Gasteiger charge is 2.26. The molecule has 0 amide bonds. The molecule has 0 bridgehead atoms. The number of pyridine rings is 1. The lowest BCUT2D eigenvalue weighted by Crippen LogP contribution is -2.45. The SMILES string of the molecule is CC(O)C1CCCCN1Cc1cc(=O)n2ccccc2n1. The van der Waals surface area contributed by atoms with E-state index in [9.17, 15) is 9.90 Å². The zero-order valence-corrected chi connectivity index (χ0v) is 12.3. The monoisotopic (exact) mass is 287 g/mol. The second-order valence-corrected chi connectivity index (χ2v) is 5.79. The molecule has 0 aliphatic carbocycles. The average molecular weight is 287 g/mol. The van der Waals surface area contributed by atoms with Crippen molar-refractivity contribution in [3.8, 4) is 0 Å². The number of aliphatic hydroxyl groups is 1. The smallest absolute Gasteiger partial charge is 0.258 e. The van der Waals surface area contributed by atoms with Crippen LogP contribution >= 0.6 is 0 Å². The minimum Gasteiger partial charge on any atom is -0.392 e. The van der Waals surface area contributed by atoms with Crippen LogP contribution in [0.25, 0.3) is 5.65 Å². The molecule has 0 spiro atoms. The van der Waals surface area contributed by atoms with Crippen LogP contribution in [0, 0.1) is 0 Å². The van der Waals surface area contributed by atoms with Crippen LogP contribution in [0.3, 0.4) is 0 Å². The summed E-state index contributed by atoms with van der Waals surface area (Å²) >= 11 is 0. The minimum absolute atomic E-state index is 0.0544. The van der Waals surface area contributed by atoms with Gasteiger partial charge in [-0.3, -0.25) is 14.1 Å². The Hall–Kier alpha value is -1.72. The number of aliphatic hydroxyl groups excluding tert-OH is 1. The summed E-state index contributed by atoms with van der Waals surface area (Å²) in [5.41, 5.74) is 1.39. The molecular formula is C16H21N3O2. The molecule has 0 saturated carbocycles. The molecule has 21 heavy (non-hydrogen) atoms. The van der Waals surface area contributed by atoms with E-state index in [2.05, 4.69) is 9.88 Å². The maximum absolute atomic E-state index is 12.1. The molecule has 1 fully saturated rings. The predicted molar refractivity (Wildman–Crippen MR) is 81.2 cm³/mol. The van der Waals surface area contributed by atoms with Crippen LogP contribution in [0.15, 0.2) is 35.3 Å². The third-order valence-corrected chi connectivity index (χ3v) is 4.21. The molecule has 0 radical (unpaired) electrons. The lowest BCUT2D eigenvalue weighted by atomic mass is 9.98. The molecule has 1 aliphatic heterocycles. The summed E-state index contributed by atoms with van der Waals surface area (Å²) in [4.78, 5) is 18.9. The summed E-state index contributed by atoms with van der Waals surface area (Å²) in [5.74, 6) is 0. The van der Waals surface area contributed by atoms with Crippen molar-refractivity contribution in [1.82, 2.24) is 14.3 Å².